The number of methoxy groups -OCH3 is 1. The smallest absolute Gasteiger partial charge is 0.414 e. The van der Waals surface area contributed by atoms with Gasteiger partial charge in [0.1, 0.15) is 12.4 Å². The molecule has 3 aromatic carbocycles. The lowest BCUT2D eigenvalue weighted by atomic mass is 9.82. The van der Waals surface area contributed by atoms with Crippen LogP contribution in [0.1, 0.15) is 37.3 Å². The van der Waals surface area contributed by atoms with Crippen LogP contribution in [0.2, 0.25) is 23.7 Å². The number of aliphatic hydroxyl groups excluding tert-OH is 1. The molecule has 0 aliphatic carbocycles. The Morgan fingerprint density at radius 3 is 2.46 bits per heavy atom. The van der Waals surface area contributed by atoms with Crippen molar-refractivity contribution in [3.05, 3.63) is 82.9 Å². The largest absolute Gasteiger partial charge is 0.497 e. The second kappa shape index (κ2) is 13.3. The average molecular weight is 718 g/mol. The first-order valence-corrected chi connectivity index (χ1v) is 20.8. The van der Waals surface area contributed by atoms with Gasteiger partial charge in [0, 0.05) is 28.7 Å². The van der Waals surface area contributed by atoms with E-state index in [2.05, 4.69) is 32.2 Å². The number of rotatable bonds is 9. The summed E-state index contributed by atoms with van der Waals surface area (Å²) in [5.41, 5.74) is 1.60. The maximum absolute atomic E-state index is 15.1. The predicted octanol–water partition coefficient (Wildman–Crippen LogP) is 5.44. The van der Waals surface area contributed by atoms with Crippen LogP contribution in [0.5, 0.6) is 5.75 Å². The van der Waals surface area contributed by atoms with Crippen molar-refractivity contribution in [1.29, 1.82) is 0 Å². The Labute approximate surface area is 298 Å². The molecule has 0 radical (unpaired) electrons. The van der Waals surface area contributed by atoms with Gasteiger partial charge in [0.2, 0.25) is 5.91 Å². The van der Waals surface area contributed by atoms with E-state index >= 15 is 4.79 Å². The van der Waals surface area contributed by atoms with E-state index in [-0.39, 0.29) is 55.0 Å². The van der Waals surface area contributed by atoms with Crippen LogP contribution in [0.4, 0.5) is 16.2 Å². The minimum Gasteiger partial charge on any atom is -0.497 e. The number of anilines is 2. The van der Waals surface area contributed by atoms with Gasteiger partial charge < -0.3 is 29.1 Å². The lowest BCUT2D eigenvalue weighted by molar-refractivity contribution is -0.150. The molecule has 50 heavy (non-hydrogen) atoms. The second-order valence-electron chi connectivity index (χ2n) is 14.4. The van der Waals surface area contributed by atoms with Crippen LogP contribution in [0.3, 0.4) is 0 Å². The quantitative estimate of drug-likeness (QED) is 0.294. The molecular formula is C38H44ClN3O7Si. The van der Waals surface area contributed by atoms with Crippen molar-refractivity contribution in [2.24, 2.45) is 5.92 Å². The van der Waals surface area contributed by atoms with E-state index < -0.39 is 19.8 Å². The first-order valence-electron chi connectivity index (χ1n) is 17.4. The van der Waals surface area contributed by atoms with Crippen molar-refractivity contribution >= 4 is 54.1 Å². The van der Waals surface area contributed by atoms with E-state index in [9.17, 15) is 14.7 Å². The highest BCUT2D eigenvalue weighted by molar-refractivity contribution is 6.91. The number of carbonyl (C=O) groups is 3. The van der Waals surface area contributed by atoms with Gasteiger partial charge in [0.05, 0.1) is 59.1 Å². The Morgan fingerprint density at radius 1 is 1.06 bits per heavy atom. The number of hydrogen-bond donors (Lipinski definition) is 1. The number of cyclic esters (lactones) is 1. The fourth-order valence-electron chi connectivity index (χ4n) is 8.88. The normalized spacial score (nSPS) is 26.2. The van der Waals surface area contributed by atoms with Gasteiger partial charge in [0.15, 0.2) is 5.60 Å². The molecular weight excluding hydrogens is 674 g/mol. The molecule has 0 aromatic heterocycles. The van der Waals surface area contributed by atoms with Gasteiger partial charge in [-0.15, -0.1) is 0 Å². The minimum absolute atomic E-state index is 0.0593. The van der Waals surface area contributed by atoms with Crippen LogP contribution in [-0.2, 0) is 31.2 Å². The summed E-state index contributed by atoms with van der Waals surface area (Å²) in [7, 11) is -0.821. The molecule has 4 heterocycles. The van der Waals surface area contributed by atoms with Crippen LogP contribution < -0.4 is 19.7 Å². The molecule has 3 aromatic rings. The van der Waals surface area contributed by atoms with Crippen LogP contribution in [0.15, 0.2) is 66.7 Å². The predicted molar refractivity (Wildman–Crippen MR) is 194 cm³/mol. The molecule has 1 N–H and O–H groups in total. The van der Waals surface area contributed by atoms with Crippen molar-refractivity contribution < 1.29 is 33.7 Å². The summed E-state index contributed by atoms with van der Waals surface area (Å²) < 4.78 is 17.7. The summed E-state index contributed by atoms with van der Waals surface area (Å²) in [4.78, 5) is 46.3. The summed E-state index contributed by atoms with van der Waals surface area (Å²) in [6, 6.07) is 21.0. The number of carbonyl (C=O) groups excluding carboxylic acids is 3. The van der Waals surface area contributed by atoms with Gasteiger partial charge >= 0.3 is 6.09 Å². The molecule has 12 heteroatoms. The number of ether oxygens (including phenoxy) is 3. The highest BCUT2D eigenvalue weighted by Crippen LogP contribution is 2.60. The maximum atomic E-state index is 15.1. The Bertz CT molecular complexity index is 1790. The highest BCUT2D eigenvalue weighted by atomic mass is 35.5. The molecule has 3 amide bonds. The third-order valence-corrected chi connectivity index (χ3v) is 16.0. The molecule has 3 saturated heterocycles. The van der Waals surface area contributed by atoms with Gasteiger partial charge in [-0.05, 0) is 66.4 Å². The Balaban J connectivity index is 1.26. The Kier molecular flexibility index (Phi) is 9.21. The molecule has 0 unspecified atom stereocenters. The third kappa shape index (κ3) is 5.68. The Morgan fingerprint density at radius 2 is 1.80 bits per heavy atom. The fraction of sp³-hybridized carbons (Fsp3) is 0.447. The zero-order chi connectivity index (χ0) is 35.4. The summed E-state index contributed by atoms with van der Waals surface area (Å²) in [6.45, 7) is 8.33. The van der Waals surface area contributed by atoms with Crippen LogP contribution in [0, 0.1) is 5.92 Å². The summed E-state index contributed by atoms with van der Waals surface area (Å²) >= 11 is 6.65. The second-order valence-corrected chi connectivity index (χ2v) is 19.5. The van der Waals surface area contributed by atoms with Gasteiger partial charge in [-0.2, -0.15) is 0 Å². The number of fused-ring (bicyclic) bond motifs is 2. The van der Waals surface area contributed by atoms with E-state index in [0.717, 1.165) is 35.5 Å². The highest BCUT2D eigenvalue weighted by Gasteiger charge is 2.66. The van der Waals surface area contributed by atoms with Crippen molar-refractivity contribution in [2.75, 3.05) is 43.2 Å². The van der Waals surface area contributed by atoms with Crippen molar-refractivity contribution in [2.45, 2.75) is 69.1 Å². The molecule has 10 nitrogen and oxygen atoms in total. The van der Waals surface area contributed by atoms with Crippen LogP contribution >= 0.6 is 11.6 Å². The number of likely N-dealkylation sites (tertiary alicyclic amines) is 1. The maximum Gasteiger partial charge on any atom is 0.414 e. The first kappa shape index (κ1) is 34.5. The molecule has 1 spiro atoms. The van der Waals surface area contributed by atoms with Crippen LogP contribution in [-0.4, -0.2) is 81.5 Å². The molecule has 4 aliphatic rings. The molecule has 264 valence electrons. The van der Waals surface area contributed by atoms with E-state index in [1.165, 1.54) is 5.19 Å². The molecule has 7 rings (SSSR count). The zero-order valence-corrected chi connectivity index (χ0v) is 30.7. The lowest BCUT2D eigenvalue weighted by Crippen LogP contribution is -2.52. The van der Waals surface area contributed by atoms with E-state index in [4.69, 9.17) is 25.8 Å². The topological polar surface area (TPSA) is 109 Å². The van der Waals surface area contributed by atoms with Gasteiger partial charge in [0.25, 0.3) is 5.91 Å². The molecule has 5 atom stereocenters. The summed E-state index contributed by atoms with van der Waals surface area (Å²) in [6.07, 6.45) is 0.820. The third-order valence-electron chi connectivity index (χ3n) is 11.4. The summed E-state index contributed by atoms with van der Waals surface area (Å²) in [5.74, 6) is 0.231. The monoisotopic (exact) mass is 717 g/mol. The number of nitrogens with zero attached hydrogens (tertiary/aromatic N) is 3. The number of aliphatic hydroxyl groups is 1. The van der Waals surface area contributed by atoms with E-state index in [0.29, 0.717) is 30.3 Å². The number of benzene rings is 3. The van der Waals surface area contributed by atoms with E-state index in [1.54, 1.807) is 27.9 Å². The molecule has 4 aliphatic heterocycles. The zero-order valence-electron chi connectivity index (χ0n) is 28.9. The molecule has 0 saturated carbocycles. The number of halogens is 1. The average Bonchev–Trinajstić information content (AvgIpc) is 3.88. The fourth-order valence-corrected chi connectivity index (χ4v) is 13.1. The van der Waals surface area contributed by atoms with Crippen LogP contribution in [0.25, 0.3) is 0 Å². The minimum atomic E-state index is -2.47. The summed E-state index contributed by atoms with van der Waals surface area (Å²) in [5, 5.41) is 11.7. The Hall–Kier alpha value is -3.90. The van der Waals surface area contributed by atoms with Gasteiger partial charge in [-0.1, -0.05) is 61.1 Å². The van der Waals surface area contributed by atoms with Gasteiger partial charge in [-0.3, -0.25) is 14.5 Å². The molecule has 0 bridgehead atoms. The van der Waals surface area contributed by atoms with E-state index in [1.807, 2.05) is 48.5 Å². The SMILES string of the molecule is COc1ccc([Si](C)(C)[C@@H]2[C@@H](CC(=O)N3CCC[C@H]3CO)O[C@]3(C(=O)N(Cc4ccc(N5CCOC5=O)cc4)c4ccc(Cl)cc43)[C@H]2C)cc1. The molecule has 3 fully saturated rings. The van der Waals surface area contributed by atoms with Crippen molar-refractivity contribution in [3.8, 4) is 5.75 Å². The first-order chi connectivity index (χ1) is 24.0. The van der Waals surface area contributed by atoms with Gasteiger partial charge in [-0.25, -0.2) is 4.79 Å². The van der Waals surface area contributed by atoms with Crippen molar-refractivity contribution in [1.82, 2.24) is 4.90 Å². The standard InChI is InChI=1S/C38H44ClN3O7Si/c1-24-35(50(3,4)30-14-12-29(47-2)13-15-30)33(21-34(44)40-17-5-6-28(40)23-43)49-38(24)31-20-26(39)9-16-32(31)42(36(38)45)22-25-7-10-27(11-8-25)41-18-19-48-37(41)46/h7-16,20,24,28,33,35,43H,5-6,17-19,21-23H2,1-4H3/t24-,28-,33+,35-,38+/m0/s1. The number of amides is 3. The lowest BCUT2D eigenvalue weighted by Gasteiger charge is -2.37. The van der Waals surface area contributed by atoms with Crippen molar-refractivity contribution in [3.63, 3.8) is 0 Å². The number of hydrogen-bond acceptors (Lipinski definition) is 7.